The summed E-state index contributed by atoms with van der Waals surface area (Å²) in [5, 5.41) is 3.90. The van der Waals surface area contributed by atoms with E-state index in [1.807, 2.05) is 25.1 Å². The molecule has 4 rings (SSSR count). The lowest BCUT2D eigenvalue weighted by atomic mass is 10.1. The number of hydrogen-bond donors (Lipinski definition) is 0. The SMILES string of the molecule is CCN(Cc1ccc2c(c1)OCO2)C(=O)CCc1nc(-c2ccc(F)cc2)no1. The van der Waals surface area contributed by atoms with Gasteiger partial charge in [-0.15, -0.1) is 0 Å². The molecular formula is C21H20FN3O4. The van der Waals surface area contributed by atoms with Gasteiger partial charge in [-0.3, -0.25) is 4.79 Å². The summed E-state index contributed by atoms with van der Waals surface area (Å²) in [7, 11) is 0. The molecule has 29 heavy (non-hydrogen) atoms. The minimum atomic E-state index is -0.329. The number of carbonyl (C=O) groups excluding carboxylic acids is 1. The molecule has 0 radical (unpaired) electrons. The molecule has 0 fully saturated rings. The summed E-state index contributed by atoms with van der Waals surface area (Å²) in [6, 6.07) is 11.5. The molecule has 8 heteroatoms. The molecule has 3 aromatic rings. The van der Waals surface area contributed by atoms with Crippen molar-refractivity contribution in [1.29, 1.82) is 0 Å². The van der Waals surface area contributed by atoms with Crippen LogP contribution in [0.25, 0.3) is 11.4 Å². The summed E-state index contributed by atoms with van der Waals surface area (Å²) in [6.07, 6.45) is 0.591. The minimum absolute atomic E-state index is 0.00769. The lowest BCUT2D eigenvalue weighted by Gasteiger charge is -2.21. The second-order valence-corrected chi connectivity index (χ2v) is 6.61. The van der Waals surface area contributed by atoms with Crippen molar-refractivity contribution in [3.05, 3.63) is 59.7 Å². The predicted molar refractivity (Wildman–Crippen MR) is 102 cm³/mol. The van der Waals surface area contributed by atoms with Crippen molar-refractivity contribution in [3.8, 4) is 22.9 Å². The quantitative estimate of drug-likeness (QED) is 0.606. The van der Waals surface area contributed by atoms with E-state index >= 15 is 0 Å². The lowest BCUT2D eigenvalue weighted by molar-refractivity contribution is -0.131. The Balaban J connectivity index is 1.35. The van der Waals surface area contributed by atoms with Crippen LogP contribution in [0, 0.1) is 5.82 Å². The zero-order chi connectivity index (χ0) is 20.2. The molecule has 2 heterocycles. The molecule has 0 aliphatic carbocycles. The smallest absolute Gasteiger partial charge is 0.231 e. The van der Waals surface area contributed by atoms with Gasteiger partial charge in [-0.25, -0.2) is 4.39 Å². The van der Waals surface area contributed by atoms with Crippen LogP contribution in [0.2, 0.25) is 0 Å². The highest BCUT2D eigenvalue weighted by molar-refractivity contribution is 5.76. The van der Waals surface area contributed by atoms with Gasteiger partial charge in [-0.1, -0.05) is 11.2 Å². The van der Waals surface area contributed by atoms with Gasteiger partial charge >= 0.3 is 0 Å². The Morgan fingerprint density at radius 3 is 2.72 bits per heavy atom. The number of hydrogen-bond acceptors (Lipinski definition) is 6. The summed E-state index contributed by atoms with van der Waals surface area (Å²) < 4.78 is 29.0. The van der Waals surface area contributed by atoms with E-state index in [0.717, 1.165) is 11.3 Å². The molecular weight excluding hydrogens is 377 g/mol. The summed E-state index contributed by atoms with van der Waals surface area (Å²) in [6.45, 7) is 3.22. The molecule has 2 aromatic carbocycles. The molecule has 1 aromatic heterocycles. The topological polar surface area (TPSA) is 77.7 Å². The third-order valence-electron chi connectivity index (χ3n) is 4.67. The maximum absolute atomic E-state index is 13.0. The number of aromatic nitrogens is 2. The maximum Gasteiger partial charge on any atom is 0.231 e. The molecule has 0 saturated carbocycles. The van der Waals surface area contributed by atoms with Crippen LogP contribution in [0.3, 0.4) is 0 Å². The lowest BCUT2D eigenvalue weighted by Crippen LogP contribution is -2.30. The number of fused-ring (bicyclic) bond motifs is 1. The first-order chi connectivity index (χ1) is 14.1. The number of amides is 1. The van der Waals surface area contributed by atoms with E-state index in [4.69, 9.17) is 14.0 Å². The number of halogens is 1. The van der Waals surface area contributed by atoms with Crippen molar-refractivity contribution in [1.82, 2.24) is 15.0 Å². The van der Waals surface area contributed by atoms with E-state index in [9.17, 15) is 9.18 Å². The standard InChI is InChI=1S/C21H20FN3O4/c1-2-25(12-14-3-8-17-18(11-14)28-13-27-17)20(26)10-9-19-23-21(24-29-19)15-4-6-16(22)7-5-15/h3-8,11H,2,9-10,12-13H2,1H3. The van der Waals surface area contributed by atoms with Crippen LogP contribution in [0.4, 0.5) is 4.39 Å². The average Bonchev–Trinajstić information content (AvgIpc) is 3.40. The first-order valence-electron chi connectivity index (χ1n) is 9.37. The van der Waals surface area contributed by atoms with Gasteiger partial charge < -0.3 is 18.9 Å². The second-order valence-electron chi connectivity index (χ2n) is 6.61. The molecule has 0 spiro atoms. The van der Waals surface area contributed by atoms with Gasteiger partial charge in [0, 0.05) is 31.5 Å². The van der Waals surface area contributed by atoms with Gasteiger partial charge in [-0.2, -0.15) is 4.98 Å². The number of aryl methyl sites for hydroxylation is 1. The van der Waals surface area contributed by atoms with Crippen LogP contribution >= 0.6 is 0 Å². The largest absolute Gasteiger partial charge is 0.454 e. The van der Waals surface area contributed by atoms with Crippen molar-refractivity contribution in [2.45, 2.75) is 26.3 Å². The van der Waals surface area contributed by atoms with Crippen molar-refractivity contribution in [2.24, 2.45) is 0 Å². The Morgan fingerprint density at radius 1 is 1.14 bits per heavy atom. The van der Waals surface area contributed by atoms with Crippen LogP contribution in [-0.2, 0) is 17.8 Å². The van der Waals surface area contributed by atoms with E-state index in [1.165, 1.54) is 12.1 Å². The number of carbonyl (C=O) groups is 1. The predicted octanol–water partition coefficient (Wildman–Crippen LogP) is 3.59. The van der Waals surface area contributed by atoms with Crippen LogP contribution in [0.1, 0.15) is 24.8 Å². The second kappa shape index (κ2) is 8.30. The highest BCUT2D eigenvalue weighted by Gasteiger charge is 2.18. The number of benzene rings is 2. The van der Waals surface area contributed by atoms with Crippen LogP contribution in [0.5, 0.6) is 11.5 Å². The molecule has 0 saturated heterocycles. The van der Waals surface area contributed by atoms with Crippen LogP contribution < -0.4 is 9.47 Å². The number of ether oxygens (including phenoxy) is 2. The van der Waals surface area contributed by atoms with E-state index in [2.05, 4.69) is 10.1 Å². The van der Waals surface area contributed by atoms with Crippen molar-refractivity contribution < 1.29 is 23.2 Å². The van der Waals surface area contributed by atoms with Gasteiger partial charge in [0.2, 0.25) is 24.4 Å². The summed E-state index contributed by atoms with van der Waals surface area (Å²) in [4.78, 5) is 18.7. The van der Waals surface area contributed by atoms with Crippen LogP contribution in [-0.4, -0.2) is 34.3 Å². The molecule has 7 nitrogen and oxygen atoms in total. The Labute approximate surface area is 167 Å². The Hall–Kier alpha value is -3.42. The minimum Gasteiger partial charge on any atom is -0.454 e. The molecule has 1 aliphatic rings. The summed E-state index contributed by atoms with van der Waals surface area (Å²) in [5.74, 6) is 1.83. The number of nitrogens with zero attached hydrogens (tertiary/aromatic N) is 3. The molecule has 0 N–H and O–H groups in total. The zero-order valence-electron chi connectivity index (χ0n) is 15.9. The van der Waals surface area contributed by atoms with E-state index in [1.54, 1.807) is 17.0 Å². The van der Waals surface area contributed by atoms with E-state index in [-0.39, 0.29) is 24.9 Å². The first-order valence-corrected chi connectivity index (χ1v) is 9.37. The third kappa shape index (κ3) is 4.37. The summed E-state index contributed by atoms with van der Waals surface area (Å²) >= 11 is 0. The van der Waals surface area contributed by atoms with E-state index in [0.29, 0.717) is 42.5 Å². The molecule has 1 amide bonds. The van der Waals surface area contributed by atoms with Gasteiger partial charge in [0.25, 0.3) is 0 Å². The molecule has 0 unspecified atom stereocenters. The van der Waals surface area contributed by atoms with Crippen molar-refractivity contribution in [2.75, 3.05) is 13.3 Å². The Bertz CT molecular complexity index is 1000. The third-order valence-corrected chi connectivity index (χ3v) is 4.67. The molecule has 0 atom stereocenters. The maximum atomic E-state index is 13.0. The van der Waals surface area contributed by atoms with Crippen molar-refractivity contribution in [3.63, 3.8) is 0 Å². The fourth-order valence-corrected chi connectivity index (χ4v) is 3.08. The average molecular weight is 397 g/mol. The highest BCUT2D eigenvalue weighted by atomic mass is 19.1. The summed E-state index contributed by atoms with van der Waals surface area (Å²) in [5.41, 5.74) is 1.63. The Kier molecular flexibility index (Phi) is 5.41. The van der Waals surface area contributed by atoms with Gasteiger partial charge in [0.1, 0.15) is 5.82 Å². The van der Waals surface area contributed by atoms with Gasteiger partial charge in [0.15, 0.2) is 11.5 Å². The highest BCUT2D eigenvalue weighted by Crippen LogP contribution is 2.32. The van der Waals surface area contributed by atoms with Crippen molar-refractivity contribution >= 4 is 5.91 Å². The van der Waals surface area contributed by atoms with Gasteiger partial charge in [-0.05, 0) is 48.9 Å². The first kappa shape index (κ1) is 18.9. The molecule has 1 aliphatic heterocycles. The normalized spacial score (nSPS) is 12.2. The number of rotatable bonds is 7. The monoisotopic (exact) mass is 397 g/mol. The fraction of sp³-hybridized carbons (Fsp3) is 0.286. The van der Waals surface area contributed by atoms with Crippen LogP contribution in [0.15, 0.2) is 47.0 Å². The van der Waals surface area contributed by atoms with E-state index < -0.39 is 0 Å². The molecule has 150 valence electrons. The Morgan fingerprint density at radius 2 is 1.93 bits per heavy atom. The fourth-order valence-electron chi connectivity index (χ4n) is 3.08. The zero-order valence-corrected chi connectivity index (χ0v) is 15.9. The van der Waals surface area contributed by atoms with Gasteiger partial charge in [0.05, 0.1) is 0 Å². The molecule has 0 bridgehead atoms.